The smallest absolute Gasteiger partial charge is 0.320 e. The Labute approximate surface area is 96.8 Å². The zero-order valence-corrected chi connectivity index (χ0v) is 8.92. The number of rotatable bonds is 4. The number of hydrogen-bond donors (Lipinski definition) is 2. The molecule has 0 spiro atoms. The molecule has 2 rings (SSSR count). The maximum atomic E-state index is 11.8. The average Bonchev–Trinajstić information content (AvgIpc) is 2.72. The lowest BCUT2D eigenvalue weighted by atomic mass is 10.0. The van der Waals surface area contributed by atoms with Crippen LogP contribution in [0, 0.1) is 0 Å². The largest absolute Gasteiger partial charge is 0.480 e. The first-order valence-corrected chi connectivity index (χ1v) is 5.07. The quantitative estimate of drug-likeness (QED) is 0.779. The number of Topliss-reactive ketones (excluding diaryl/α,β-unsaturated/α-hetero) is 1. The molecule has 1 heterocycles. The molecular formula is C12H11NO4. The lowest BCUT2D eigenvalue weighted by molar-refractivity contribution is -0.138. The maximum absolute atomic E-state index is 11.8. The van der Waals surface area contributed by atoms with Crippen LogP contribution in [0.5, 0.6) is 0 Å². The molecule has 0 amide bonds. The summed E-state index contributed by atoms with van der Waals surface area (Å²) in [4.78, 5) is 22.4. The predicted molar refractivity (Wildman–Crippen MR) is 60.8 cm³/mol. The molecule has 0 unspecified atom stereocenters. The number of ketones is 1. The van der Waals surface area contributed by atoms with Crippen molar-refractivity contribution in [1.82, 2.24) is 0 Å². The normalized spacial score (nSPS) is 12.5. The third-order valence-electron chi connectivity index (χ3n) is 2.50. The van der Waals surface area contributed by atoms with Gasteiger partial charge in [0.25, 0.3) is 0 Å². The van der Waals surface area contributed by atoms with Gasteiger partial charge >= 0.3 is 5.97 Å². The van der Waals surface area contributed by atoms with E-state index in [0.29, 0.717) is 16.5 Å². The molecule has 0 saturated heterocycles. The number of carbonyl (C=O) groups excluding carboxylic acids is 1. The van der Waals surface area contributed by atoms with Crippen LogP contribution in [0.2, 0.25) is 0 Å². The minimum atomic E-state index is -1.19. The van der Waals surface area contributed by atoms with Crippen molar-refractivity contribution in [1.29, 1.82) is 0 Å². The number of hydrogen-bond acceptors (Lipinski definition) is 4. The summed E-state index contributed by atoms with van der Waals surface area (Å²) in [5, 5.41) is 9.32. The number of para-hydroxylation sites is 1. The summed E-state index contributed by atoms with van der Waals surface area (Å²) in [5.74, 6) is -1.52. The molecule has 0 fully saturated rings. The number of fused-ring (bicyclic) bond motifs is 1. The number of benzene rings is 1. The molecule has 0 aliphatic carbocycles. The molecule has 0 aliphatic rings. The van der Waals surface area contributed by atoms with E-state index in [-0.39, 0.29) is 12.2 Å². The zero-order valence-electron chi connectivity index (χ0n) is 8.92. The summed E-state index contributed by atoms with van der Waals surface area (Å²) in [6.07, 6.45) is 1.10. The van der Waals surface area contributed by atoms with E-state index in [1.807, 2.05) is 0 Å². The van der Waals surface area contributed by atoms with Crippen LogP contribution in [0.1, 0.15) is 16.8 Å². The first-order valence-electron chi connectivity index (χ1n) is 5.07. The molecule has 17 heavy (non-hydrogen) atoms. The third-order valence-corrected chi connectivity index (χ3v) is 2.50. The average molecular weight is 233 g/mol. The third kappa shape index (κ3) is 2.19. The molecule has 88 valence electrons. The fourth-order valence-electron chi connectivity index (χ4n) is 1.59. The van der Waals surface area contributed by atoms with Gasteiger partial charge in [-0.25, -0.2) is 0 Å². The minimum Gasteiger partial charge on any atom is -0.480 e. The molecule has 1 aromatic carbocycles. The van der Waals surface area contributed by atoms with Gasteiger partial charge in [0, 0.05) is 11.8 Å². The van der Waals surface area contributed by atoms with Crippen LogP contribution in [0.4, 0.5) is 0 Å². The van der Waals surface area contributed by atoms with Crippen LogP contribution in [0.25, 0.3) is 11.0 Å². The Kier molecular flexibility index (Phi) is 2.93. The summed E-state index contributed by atoms with van der Waals surface area (Å²) in [6, 6.07) is 5.88. The summed E-state index contributed by atoms with van der Waals surface area (Å²) < 4.78 is 5.20. The summed E-state index contributed by atoms with van der Waals surface area (Å²) in [7, 11) is 0. The van der Waals surface area contributed by atoms with E-state index in [4.69, 9.17) is 15.3 Å². The van der Waals surface area contributed by atoms with E-state index in [9.17, 15) is 9.59 Å². The van der Waals surface area contributed by atoms with E-state index in [1.165, 1.54) is 6.26 Å². The van der Waals surface area contributed by atoms with Crippen LogP contribution in [-0.2, 0) is 4.79 Å². The van der Waals surface area contributed by atoms with Gasteiger partial charge < -0.3 is 15.3 Å². The van der Waals surface area contributed by atoms with Crippen molar-refractivity contribution in [2.75, 3.05) is 0 Å². The van der Waals surface area contributed by atoms with Crippen molar-refractivity contribution in [3.8, 4) is 0 Å². The fourth-order valence-corrected chi connectivity index (χ4v) is 1.59. The Morgan fingerprint density at radius 1 is 1.35 bits per heavy atom. The SMILES string of the molecule is N[C@@H](CC(=O)c1coc2ccccc12)C(=O)O. The van der Waals surface area contributed by atoms with Gasteiger partial charge in [-0.1, -0.05) is 18.2 Å². The highest BCUT2D eigenvalue weighted by Crippen LogP contribution is 2.22. The van der Waals surface area contributed by atoms with Crippen LogP contribution >= 0.6 is 0 Å². The van der Waals surface area contributed by atoms with Crippen LogP contribution < -0.4 is 5.73 Å². The highest BCUT2D eigenvalue weighted by molar-refractivity contribution is 6.08. The monoisotopic (exact) mass is 233 g/mol. The topological polar surface area (TPSA) is 93.5 Å². The van der Waals surface area contributed by atoms with E-state index in [0.717, 1.165) is 0 Å². The van der Waals surface area contributed by atoms with E-state index >= 15 is 0 Å². The number of carboxylic acids is 1. The van der Waals surface area contributed by atoms with E-state index in [2.05, 4.69) is 0 Å². The fraction of sp³-hybridized carbons (Fsp3) is 0.167. The van der Waals surface area contributed by atoms with Gasteiger partial charge in [0.2, 0.25) is 0 Å². The molecule has 5 nitrogen and oxygen atoms in total. The predicted octanol–water partition coefficient (Wildman–Crippen LogP) is 1.42. The van der Waals surface area contributed by atoms with E-state index in [1.54, 1.807) is 24.3 Å². The Hall–Kier alpha value is -2.14. The molecule has 0 saturated carbocycles. The van der Waals surface area contributed by atoms with Gasteiger partial charge in [-0.2, -0.15) is 0 Å². The Morgan fingerprint density at radius 2 is 2.06 bits per heavy atom. The molecule has 2 aromatic rings. The first kappa shape index (κ1) is 11.3. The second-order valence-corrected chi connectivity index (χ2v) is 3.72. The molecule has 3 N–H and O–H groups in total. The summed E-state index contributed by atoms with van der Waals surface area (Å²) in [5.41, 5.74) is 6.29. The standard InChI is InChI=1S/C12H11NO4/c13-9(12(15)16)5-10(14)8-6-17-11-4-2-1-3-7(8)11/h1-4,6,9H,5,13H2,(H,15,16)/t9-/m0/s1. The zero-order chi connectivity index (χ0) is 12.4. The molecular weight excluding hydrogens is 222 g/mol. The molecule has 5 heteroatoms. The minimum absolute atomic E-state index is 0.237. The number of furan rings is 1. The second kappa shape index (κ2) is 4.39. The second-order valence-electron chi connectivity index (χ2n) is 3.72. The van der Waals surface area contributed by atoms with Crippen molar-refractivity contribution in [3.63, 3.8) is 0 Å². The van der Waals surface area contributed by atoms with Crippen molar-refractivity contribution in [3.05, 3.63) is 36.1 Å². The van der Waals surface area contributed by atoms with Crippen molar-refractivity contribution in [2.24, 2.45) is 5.73 Å². The number of aliphatic carboxylic acids is 1. The molecule has 0 bridgehead atoms. The maximum Gasteiger partial charge on any atom is 0.320 e. The van der Waals surface area contributed by atoms with Gasteiger partial charge in [-0.05, 0) is 6.07 Å². The van der Waals surface area contributed by atoms with Crippen molar-refractivity contribution in [2.45, 2.75) is 12.5 Å². The van der Waals surface area contributed by atoms with Crippen molar-refractivity contribution >= 4 is 22.7 Å². The first-order chi connectivity index (χ1) is 8.09. The van der Waals surface area contributed by atoms with Crippen molar-refractivity contribution < 1.29 is 19.1 Å². The van der Waals surface area contributed by atoms with Crippen LogP contribution in [-0.4, -0.2) is 22.9 Å². The van der Waals surface area contributed by atoms with Gasteiger partial charge in [-0.15, -0.1) is 0 Å². The number of carboxylic acid groups (broad SMARTS) is 1. The van der Waals surface area contributed by atoms with Crippen LogP contribution in [0.15, 0.2) is 34.9 Å². The van der Waals surface area contributed by atoms with Gasteiger partial charge in [-0.3, -0.25) is 9.59 Å². The molecule has 0 aliphatic heterocycles. The lowest BCUT2D eigenvalue weighted by Crippen LogP contribution is -2.32. The number of nitrogens with two attached hydrogens (primary N) is 1. The Bertz CT molecular complexity index is 573. The summed E-state index contributed by atoms with van der Waals surface area (Å²) >= 11 is 0. The molecule has 1 aromatic heterocycles. The summed E-state index contributed by atoms with van der Waals surface area (Å²) in [6.45, 7) is 0. The number of carbonyl (C=O) groups is 2. The van der Waals surface area contributed by atoms with Crippen LogP contribution in [0.3, 0.4) is 0 Å². The Morgan fingerprint density at radius 3 is 2.76 bits per heavy atom. The Balaban J connectivity index is 2.28. The highest BCUT2D eigenvalue weighted by atomic mass is 16.4. The van der Waals surface area contributed by atoms with E-state index < -0.39 is 12.0 Å². The molecule has 1 atom stereocenters. The van der Waals surface area contributed by atoms with Gasteiger partial charge in [0.15, 0.2) is 5.78 Å². The molecule has 0 radical (unpaired) electrons. The lowest BCUT2D eigenvalue weighted by Gasteiger charge is -2.03. The highest BCUT2D eigenvalue weighted by Gasteiger charge is 2.20. The van der Waals surface area contributed by atoms with Gasteiger partial charge in [0.05, 0.1) is 5.56 Å². The van der Waals surface area contributed by atoms with Gasteiger partial charge in [0.1, 0.15) is 17.9 Å².